The molecule has 104 valence electrons. The molecular formula is C16H24N2O. The van der Waals surface area contributed by atoms with Gasteiger partial charge in [-0.3, -0.25) is 0 Å². The lowest BCUT2D eigenvalue weighted by Gasteiger charge is -2.29. The molecule has 2 unspecified atom stereocenters. The van der Waals surface area contributed by atoms with Crippen LogP contribution in [0.15, 0.2) is 24.3 Å². The fourth-order valence-electron chi connectivity index (χ4n) is 3.40. The van der Waals surface area contributed by atoms with E-state index in [0.29, 0.717) is 0 Å². The van der Waals surface area contributed by atoms with Gasteiger partial charge in [0.1, 0.15) is 0 Å². The number of nitrogens with one attached hydrogen (secondary N) is 1. The van der Waals surface area contributed by atoms with E-state index in [-0.39, 0.29) is 6.10 Å². The van der Waals surface area contributed by atoms with E-state index >= 15 is 0 Å². The van der Waals surface area contributed by atoms with Gasteiger partial charge in [0.2, 0.25) is 0 Å². The Morgan fingerprint density at radius 2 is 2.26 bits per heavy atom. The molecule has 1 N–H and O–H groups in total. The third kappa shape index (κ3) is 2.99. The first-order chi connectivity index (χ1) is 9.36. The second-order valence-electron chi connectivity index (χ2n) is 5.78. The van der Waals surface area contributed by atoms with E-state index in [1.807, 2.05) is 7.05 Å². The lowest BCUT2D eigenvalue weighted by atomic mass is 9.97. The molecule has 1 aromatic rings. The van der Waals surface area contributed by atoms with Gasteiger partial charge in [-0.15, -0.1) is 0 Å². The molecule has 3 nitrogen and oxygen atoms in total. The minimum atomic E-state index is 0.276. The normalized spacial score (nSPS) is 27.4. The smallest absolute Gasteiger partial charge is 0.0954 e. The first-order valence-electron chi connectivity index (χ1n) is 7.43. The van der Waals surface area contributed by atoms with Crippen molar-refractivity contribution in [1.82, 2.24) is 10.2 Å². The average molecular weight is 260 g/mol. The molecular weight excluding hydrogens is 236 g/mol. The largest absolute Gasteiger partial charge is 0.372 e. The predicted molar refractivity (Wildman–Crippen MR) is 77.3 cm³/mol. The molecule has 1 aromatic carbocycles. The molecule has 2 atom stereocenters. The van der Waals surface area contributed by atoms with Gasteiger partial charge in [0.05, 0.1) is 12.7 Å². The highest BCUT2D eigenvalue weighted by molar-refractivity contribution is 5.31. The van der Waals surface area contributed by atoms with Crippen LogP contribution in [-0.4, -0.2) is 44.7 Å². The van der Waals surface area contributed by atoms with Crippen LogP contribution < -0.4 is 5.32 Å². The molecule has 3 heteroatoms. The van der Waals surface area contributed by atoms with E-state index in [9.17, 15) is 0 Å². The maximum absolute atomic E-state index is 6.00. The number of hydrogen-bond acceptors (Lipinski definition) is 3. The zero-order valence-electron chi connectivity index (χ0n) is 11.8. The van der Waals surface area contributed by atoms with Gasteiger partial charge in [-0.1, -0.05) is 24.3 Å². The molecule has 0 aromatic heterocycles. The molecule has 0 bridgehead atoms. The van der Waals surface area contributed by atoms with Gasteiger partial charge in [-0.2, -0.15) is 0 Å². The maximum Gasteiger partial charge on any atom is 0.0954 e. The zero-order valence-corrected chi connectivity index (χ0v) is 11.8. The Kier molecular flexibility index (Phi) is 4.16. The lowest BCUT2D eigenvalue weighted by Crippen LogP contribution is -2.31. The molecule has 19 heavy (non-hydrogen) atoms. The Hall–Kier alpha value is -0.900. The molecule has 2 aliphatic rings. The van der Waals surface area contributed by atoms with Crippen molar-refractivity contribution in [3.63, 3.8) is 0 Å². The Labute approximate surface area is 115 Å². The van der Waals surface area contributed by atoms with Gasteiger partial charge in [-0.05, 0) is 50.0 Å². The van der Waals surface area contributed by atoms with Gasteiger partial charge < -0.3 is 15.0 Å². The van der Waals surface area contributed by atoms with Crippen LogP contribution in [0.4, 0.5) is 0 Å². The summed E-state index contributed by atoms with van der Waals surface area (Å²) < 4.78 is 6.00. The molecule has 0 saturated carbocycles. The van der Waals surface area contributed by atoms with Crippen LogP contribution >= 0.6 is 0 Å². The summed E-state index contributed by atoms with van der Waals surface area (Å²) in [4.78, 5) is 2.56. The van der Waals surface area contributed by atoms with Crippen LogP contribution in [0.1, 0.15) is 23.7 Å². The average Bonchev–Trinajstić information content (AvgIpc) is 2.87. The van der Waals surface area contributed by atoms with Gasteiger partial charge in [0, 0.05) is 13.1 Å². The third-order valence-corrected chi connectivity index (χ3v) is 4.38. The first-order valence-corrected chi connectivity index (χ1v) is 7.43. The second-order valence-corrected chi connectivity index (χ2v) is 5.78. The van der Waals surface area contributed by atoms with E-state index in [4.69, 9.17) is 4.74 Å². The van der Waals surface area contributed by atoms with Crippen molar-refractivity contribution in [2.45, 2.75) is 18.9 Å². The van der Waals surface area contributed by atoms with E-state index < -0.39 is 0 Å². The summed E-state index contributed by atoms with van der Waals surface area (Å²) in [5.74, 6) is 0.809. The molecule has 3 rings (SSSR count). The van der Waals surface area contributed by atoms with Crippen molar-refractivity contribution >= 4 is 0 Å². The van der Waals surface area contributed by atoms with Crippen LogP contribution in [0.3, 0.4) is 0 Å². The van der Waals surface area contributed by atoms with Gasteiger partial charge >= 0.3 is 0 Å². The highest BCUT2D eigenvalue weighted by atomic mass is 16.5. The number of fused-ring (bicyclic) bond motifs is 1. The first kappa shape index (κ1) is 13.1. The Morgan fingerprint density at radius 1 is 1.37 bits per heavy atom. The van der Waals surface area contributed by atoms with Crippen LogP contribution in [0.2, 0.25) is 0 Å². The number of likely N-dealkylation sites (tertiary alicyclic amines) is 1. The minimum Gasteiger partial charge on any atom is -0.372 e. The number of rotatable bonds is 4. The highest BCUT2D eigenvalue weighted by Crippen LogP contribution is 2.29. The minimum absolute atomic E-state index is 0.276. The Bertz CT molecular complexity index is 421. The molecule has 1 fully saturated rings. The van der Waals surface area contributed by atoms with E-state index in [1.54, 1.807) is 0 Å². The maximum atomic E-state index is 6.00. The predicted octanol–water partition coefficient (Wildman–Crippen LogP) is 1.84. The van der Waals surface area contributed by atoms with Crippen LogP contribution in [-0.2, 0) is 11.2 Å². The summed E-state index contributed by atoms with van der Waals surface area (Å²) in [6, 6.07) is 8.76. The van der Waals surface area contributed by atoms with Crippen molar-refractivity contribution < 1.29 is 4.74 Å². The van der Waals surface area contributed by atoms with Crippen molar-refractivity contribution in [1.29, 1.82) is 0 Å². The molecule has 2 aliphatic heterocycles. The number of benzene rings is 1. The Balaban J connectivity index is 1.62. The summed E-state index contributed by atoms with van der Waals surface area (Å²) >= 11 is 0. The number of nitrogens with zero attached hydrogens (tertiary/aromatic N) is 1. The summed E-state index contributed by atoms with van der Waals surface area (Å²) in [6.45, 7) is 5.49. The number of hydrogen-bond donors (Lipinski definition) is 1. The van der Waals surface area contributed by atoms with Crippen molar-refractivity contribution in [3.8, 4) is 0 Å². The van der Waals surface area contributed by atoms with Crippen molar-refractivity contribution in [3.05, 3.63) is 35.4 Å². The van der Waals surface area contributed by atoms with Gasteiger partial charge in [0.15, 0.2) is 0 Å². The Morgan fingerprint density at radius 3 is 3.16 bits per heavy atom. The van der Waals surface area contributed by atoms with Gasteiger partial charge in [-0.25, -0.2) is 0 Å². The summed E-state index contributed by atoms with van der Waals surface area (Å²) in [5, 5.41) is 3.29. The van der Waals surface area contributed by atoms with Crippen LogP contribution in [0.25, 0.3) is 0 Å². The summed E-state index contributed by atoms with van der Waals surface area (Å²) in [5.41, 5.74) is 2.88. The molecule has 0 spiro atoms. The summed E-state index contributed by atoms with van der Waals surface area (Å²) in [6.07, 6.45) is 2.66. The second kappa shape index (κ2) is 6.04. The lowest BCUT2D eigenvalue weighted by molar-refractivity contribution is 0.0199. The topological polar surface area (TPSA) is 24.5 Å². The molecule has 1 saturated heterocycles. The van der Waals surface area contributed by atoms with Crippen molar-refractivity contribution in [2.75, 3.05) is 39.8 Å². The zero-order chi connectivity index (χ0) is 13.1. The molecule has 0 amide bonds. The monoisotopic (exact) mass is 260 g/mol. The van der Waals surface area contributed by atoms with E-state index in [1.165, 1.54) is 30.6 Å². The summed E-state index contributed by atoms with van der Waals surface area (Å²) in [7, 11) is 2.04. The molecule has 0 aliphatic carbocycles. The van der Waals surface area contributed by atoms with Crippen molar-refractivity contribution in [2.24, 2.45) is 5.92 Å². The fourth-order valence-corrected chi connectivity index (χ4v) is 3.40. The highest BCUT2D eigenvalue weighted by Gasteiger charge is 2.27. The SMILES string of the molecule is CNCC1CCN(CC2OCCc3ccccc32)C1. The van der Waals surface area contributed by atoms with Gasteiger partial charge in [0.25, 0.3) is 0 Å². The fraction of sp³-hybridized carbons (Fsp3) is 0.625. The van der Waals surface area contributed by atoms with E-state index in [0.717, 1.165) is 32.0 Å². The van der Waals surface area contributed by atoms with Crippen LogP contribution in [0.5, 0.6) is 0 Å². The standard InChI is InChI=1S/C16H24N2O/c1-17-10-13-6-8-18(11-13)12-16-15-5-3-2-4-14(15)7-9-19-16/h2-5,13,16-17H,6-12H2,1H3. The van der Waals surface area contributed by atoms with Crippen LogP contribution in [0, 0.1) is 5.92 Å². The van der Waals surface area contributed by atoms with E-state index in [2.05, 4.69) is 34.5 Å². The number of ether oxygens (including phenoxy) is 1. The molecule has 2 heterocycles. The quantitative estimate of drug-likeness (QED) is 0.894. The molecule has 0 radical (unpaired) electrons. The third-order valence-electron chi connectivity index (χ3n) is 4.38.